The van der Waals surface area contributed by atoms with Crippen LogP contribution >= 0.6 is 0 Å². The quantitative estimate of drug-likeness (QED) is 0.437. The van der Waals surface area contributed by atoms with E-state index in [0.29, 0.717) is 0 Å². The molecule has 0 unspecified atom stereocenters. The van der Waals surface area contributed by atoms with Crippen molar-refractivity contribution in [2.45, 2.75) is 77.4 Å². The summed E-state index contributed by atoms with van der Waals surface area (Å²) in [5.74, 6) is -3.28. The molecule has 0 aromatic heterocycles. The molecule has 3 atom stereocenters. The van der Waals surface area contributed by atoms with Gasteiger partial charge < -0.3 is 30.3 Å². The Morgan fingerprint density at radius 2 is 1.44 bits per heavy atom. The molecule has 0 saturated heterocycles. The molecule has 178 valence electrons. The minimum absolute atomic E-state index is 0.268. The Kier molecular flexibility index (Phi) is 9.20. The molecule has 0 heterocycles. The lowest BCUT2D eigenvalue weighted by molar-refractivity contribution is -0.156. The first kappa shape index (κ1) is 26.9. The number of ether oxygens (including phenoxy) is 2. The predicted molar refractivity (Wildman–Crippen MR) is 115 cm³/mol. The van der Waals surface area contributed by atoms with Crippen LogP contribution in [-0.4, -0.2) is 57.4 Å². The minimum Gasteiger partial charge on any atom is -0.480 e. The summed E-state index contributed by atoms with van der Waals surface area (Å²) < 4.78 is 10.3. The van der Waals surface area contributed by atoms with Crippen molar-refractivity contribution in [1.82, 2.24) is 10.6 Å². The zero-order valence-corrected chi connectivity index (χ0v) is 19.2. The van der Waals surface area contributed by atoms with Crippen molar-refractivity contribution in [3.8, 4) is 0 Å². The Bertz CT molecular complexity index is 781. The number of rotatable bonds is 8. The van der Waals surface area contributed by atoms with Crippen LogP contribution < -0.4 is 10.6 Å². The van der Waals surface area contributed by atoms with Crippen LogP contribution in [0.25, 0.3) is 0 Å². The molecule has 0 radical (unpaired) electrons. The Labute approximate surface area is 187 Å². The minimum atomic E-state index is -1.73. The first-order chi connectivity index (χ1) is 14.6. The van der Waals surface area contributed by atoms with E-state index >= 15 is 0 Å². The van der Waals surface area contributed by atoms with E-state index in [1.807, 2.05) is 0 Å². The van der Waals surface area contributed by atoms with E-state index in [4.69, 9.17) is 9.47 Å². The maximum Gasteiger partial charge on any atom is 0.408 e. The van der Waals surface area contributed by atoms with Gasteiger partial charge in [-0.3, -0.25) is 9.59 Å². The number of esters is 1. The topological polar surface area (TPSA) is 151 Å². The molecule has 0 bridgehead atoms. The smallest absolute Gasteiger partial charge is 0.408 e. The number of amides is 2. The third kappa shape index (κ3) is 9.78. The van der Waals surface area contributed by atoms with Crippen molar-refractivity contribution >= 4 is 23.9 Å². The molecule has 0 saturated carbocycles. The summed E-state index contributed by atoms with van der Waals surface area (Å²) >= 11 is 0. The summed E-state index contributed by atoms with van der Waals surface area (Å²) in [5, 5.41) is 24.4. The van der Waals surface area contributed by atoms with Crippen LogP contribution in [-0.2, 0) is 23.9 Å². The predicted octanol–water partition coefficient (Wildman–Crippen LogP) is 1.91. The van der Waals surface area contributed by atoms with Gasteiger partial charge in [-0.15, -0.1) is 0 Å². The number of aliphatic hydroxyl groups is 1. The molecule has 32 heavy (non-hydrogen) atoms. The lowest BCUT2D eigenvalue weighted by Gasteiger charge is -2.26. The van der Waals surface area contributed by atoms with E-state index in [0.717, 1.165) is 0 Å². The van der Waals surface area contributed by atoms with Crippen molar-refractivity contribution in [3.05, 3.63) is 35.9 Å². The van der Waals surface area contributed by atoms with Crippen molar-refractivity contribution in [2.24, 2.45) is 0 Å². The largest absolute Gasteiger partial charge is 0.480 e. The molecular weight excluding hydrogens is 420 g/mol. The Morgan fingerprint density at radius 3 is 1.91 bits per heavy atom. The number of alkyl carbamates (subject to hydrolysis) is 1. The van der Waals surface area contributed by atoms with Crippen LogP contribution in [0.3, 0.4) is 0 Å². The fraction of sp³-hybridized carbons (Fsp3) is 0.545. The summed E-state index contributed by atoms with van der Waals surface area (Å²) in [6.07, 6.45) is -3.12. The fourth-order valence-electron chi connectivity index (χ4n) is 2.58. The van der Waals surface area contributed by atoms with E-state index < -0.39 is 59.7 Å². The average Bonchev–Trinajstić information content (AvgIpc) is 2.62. The van der Waals surface area contributed by atoms with Crippen LogP contribution in [0.2, 0.25) is 0 Å². The van der Waals surface area contributed by atoms with Gasteiger partial charge in [0.25, 0.3) is 0 Å². The summed E-state index contributed by atoms with van der Waals surface area (Å²) in [5.41, 5.74) is -1.44. The van der Waals surface area contributed by atoms with E-state index in [-0.39, 0.29) is 5.56 Å². The molecule has 2 amide bonds. The molecule has 0 aliphatic heterocycles. The van der Waals surface area contributed by atoms with Crippen LogP contribution in [0.5, 0.6) is 0 Å². The summed E-state index contributed by atoms with van der Waals surface area (Å²) in [6, 6.07) is 4.68. The van der Waals surface area contributed by atoms with Gasteiger partial charge in [-0.1, -0.05) is 30.3 Å². The lowest BCUT2D eigenvalue weighted by Crippen LogP contribution is -2.54. The van der Waals surface area contributed by atoms with Crippen LogP contribution in [0.4, 0.5) is 4.79 Å². The van der Waals surface area contributed by atoms with Crippen molar-refractivity contribution in [2.75, 3.05) is 0 Å². The van der Waals surface area contributed by atoms with Crippen molar-refractivity contribution < 1.29 is 38.9 Å². The Hall–Kier alpha value is -3.14. The van der Waals surface area contributed by atoms with Gasteiger partial charge in [-0.2, -0.15) is 0 Å². The fourth-order valence-corrected chi connectivity index (χ4v) is 2.58. The van der Waals surface area contributed by atoms with Gasteiger partial charge in [0.15, 0.2) is 6.04 Å². The monoisotopic (exact) mass is 452 g/mol. The van der Waals surface area contributed by atoms with Gasteiger partial charge in [0.1, 0.15) is 23.3 Å². The number of aliphatic hydroxyl groups excluding tert-OH is 1. The standard InChI is InChI=1S/C22H32N2O8/c1-21(2,3)31-15(25)12-14(23-20(30)32-22(4,5)6)18(27)24-16(19(28)29)17(26)13-10-8-7-9-11-13/h7-11,14,16-17,26H,12H2,1-6H3,(H,23,30)(H,24,27)(H,28,29)/t14-,16-,17+/m0/s1. The second-order valence-electron chi connectivity index (χ2n) is 9.17. The first-order valence-corrected chi connectivity index (χ1v) is 10.1. The number of carboxylic acid groups (broad SMARTS) is 1. The van der Waals surface area contributed by atoms with Crippen LogP contribution in [0.1, 0.15) is 59.6 Å². The molecule has 10 nitrogen and oxygen atoms in total. The Balaban J connectivity index is 3.06. The lowest BCUT2D eigenvalue weighted by atomic mass is 10.0. The van der Waals surface area contributed by atoms with Gasteiger partial charge in [-0.25, -0.2) is 9.59 Å². The third-order valence-electron chi connectivity index (χ3n) is 3.82. The van der Waals surface area contributed by atoms with Crippen LogP contribution in [0, 0.1) is 0 Å². The first-order valence-electron chi connectivity index (χ1n) is 10.1. The third-order valence-corrected chi connectivity index (χ3v) is 3.82. The highest BCUT2D eigenvalue weighted by atomic mass is 16.6. The van der Waals surface area contributed by atoms with Gasteiger partial charge in [0.05, 0.1) is 6.42 Å². The van der Waals surface area contributed by atoms with E-state index in [9.17, 15) is 29.4 Å². The number of carbonyl (C=O) groups is 4. The van der Waals surface area contributed by atoms with Gasteiger partial charge in [0.2, 0.25) is 5.91 Å². The number of carbonyl (C=O) groups excluding carboxylic acids is 3. The number of hydrogen-bond acceptors (Lipinski definition) is 7. The summed E-state index contributed by atoms with van der Waals surface area (Å²) in [6.45, 7) is 9.76. The molecule has 0 fully saturated rings. The second-order valence-corrected chi connectivity index (χ2v) is 9.17. The molecule has 1 aromatic carbocycles. The average molecular weight is 453 g/mol. The highest BCUT2D eigenvalue weighted by Crippen LogP contribution is 2.17. The molecule has 0 spiro atoms. The SMILES string of the molecule is CC(C)(C)OC(=O)C[C@H](NC(=O)OC(C)(C)C)C(=O)N[C@H](C(=O)O)[C@H](O)c1ccccc1. The zero-order valence-electron chi connectivity index (χ0n) is 19.2. The van der Waals surface area contributed by atoms with Crippen molar-refractivity contribution in [3.63, 3.8) is 0 Å². The maximum atomic E-state index is 12.8. The highest BCUT2D eigenvalue weighted by Gasteiger charge is 2.34. The van der Waals surface area contributed by atoms with Gasteiger partial charge >= 0.3 is 18.0 Å². The zero-order chi connectivity index (χ0) is 24.7. The number of benzene rings is 1. The number of hydrogen-bond donors (Lipinski definition) is 4. The normalized spacial score (nSPS) is 14.5. The maximum absolute atomic E-state index is 12.8. The Morgan fingerprint density at radius 1 is 0.906 bits per heavy atom. The molecule has 1 aromatic rings. The molecule has 10 heteroatoms. The molecule has 1 rings (SSSR count). The van der Waals surface area contributed by atoms with Crippen molar-refractivity contribution in [1.29, 1.82) is 0 Å². The van der Waals surface area contributed by atoms with Gasteiger partial charge in [0, 0.05) is 0 Å². The molecular formula is C22H32N2O8. The number of carboxylic acids is 1. The summed E-state index contributed by atoms with van der Waals surface area (Å²) in [7, 11) is 0. The van der Waals surface area contributed by atoms with E-state index in [1.54, 1.807) is 59.7 Å². The number of aliphatic carboxylic acids is 1. The number of nitrogens with one attached hydrogen (secondary N) is 2. The summed E-state index contributed by atoms with van der Waals surface area (Å²) in [4.78, 5) is 49.0. The molecule has 0 aliphatic carbocycles. The van der Waals surface area contributed by atoms with Crippen LogP contribution in [0.15, 0.2) is 30.3 Å². The molecule has 4 N–H and O–H groups in total. The van der Waals surface area contributed by atoms with E-state index in [2.05, 4.69) is 10.6 Å². The van der Waals surface area contributed by atoms with Gasteiger partial charge in [-0.05, 0) is 47.1 Å². The molecule has 0 aliphatic rings. The van der Waals surface area contributed by atoms with E-state index in [1.165, 1.54) is 12.1 Å². The highest BCUT2D eigenvalue weighted by molar-refractivity contribution is 5.92. The second kappa shape index (κ2) is 10.9.